The number of carbonyl (C=O) groups is 2. The van der Waals surface area contributed by atoms with E-state index in [9.17, 15) is 9.59 Å². The third kappa shape index (κ3) is 14.8. The van der Waals surface area contributed by atoms with Crippen LogP contribution < -0.4 is 0 Å². The van der Waals surface area contributed by atoms with Gasteiger partial charge in [-0.15, -0.1) is 0 Å². The molecule has 0 atom stereocenters. The van der Waals surface area contributed by atoms with Gasteiger partial charge in [0, 0.05) is 12.8 Å². The number of allylic oxidation sites excluding steroid dienone is 2. The van der Waals surface area contributed by atoms with Crippen LogP contribution in [0.15, 0.2) is 24.3 Å². The molecule has 0 amide bonds. The highest BCUT2D eigenvalue weighted by Gasteiger charge is 2.02. The largest absolute Gasteiger partial charge is 0.461 e. The lowest BCUT2D eigenvalue weighted by atomic mass is 10.1. The molecule has 0 aromatic rings. The monoisotopic (exact) mass is 310 g/mol. The molecular formula is C18H30O4. The molecule has 0 aliphatic rings. The van der Waals surface area contributed by atoms with E-state index < -0.39 is 0 Å². The summed E-state index contributed by atoms with van der Waals surface area (Å²) < 4.78 is 10.0. The highest BCUT2D eigenvalue weighted by atomic mass is 16.5. The van der Waals surface area contributed by atoms with E-state index in [4.69, 9.17) is 9.47 Å². The summed E-state index contributed by atoms with van der Waals surface area (Å²) in [5, 5.41) is 0. The molecule has 0 rings (SSSR count). The van der Waals surface area contributed by atoms with Gasteiger partial charge in [0.05, 0.1) is 0 Å². The fourth-order valence-electron chi connectivity index (χ4n) is 1.86. The molecule has 0 N–H and O–H groups in total. The summed E-state index contributed by atoms with van der Waals surface area (Å²) in [4.78, 5) is 22.6. The van der Waals surface area contributed by atoms with E-state index in [0.29, 0.717) is 26.1 Å². The van der Waals surface area contributed by atoms with Crippen molar-refractivity contribution >= 4 is 11.9 Å². The van der Waals surface area contributed by atoms with Crippen LogP contribution in [0.25, 0.3) is 0 Å². The number of ether oxygens (including phenoxy) is 2. The molecule has 0 aliphatic heterocycles. The Labute approximate surface area is 134 Å². The molecular weight excluding hydrogens is 280 g/mol. The number of carbonyl (C=O) groups excluding carboxylic acids is 2. The van der Waals surface area contributed by atoms with Crippen LogP contribution in [-0.4, -0.2) is 25.2 Å². The van der Waals surface area contributed by atoms with Crippen molar-refractivity contribution in [2.24, 2.45) is 0 Å². The lowest BCUT2D eigenvalue weighted by Crippen LogP contribution is -2.04. The second-order valence-electron chi connectivity index (χ2n) is 5.13. The summed E-state index contributed by atoms with van der Waals surface area (Å²) in [6.07, 6.45) is 14.4. The third-order valence-corrected chi connectivity index (χ3v) is 3.16. The van der Waals surface area contributed by atoms with E-state index in [0.717, 1.165) is 38.5 Å². The zero-order valence-electron chi connectivity index (χ0n) is 14.0. The standard InChI is InChI=1S/C18H30O4/c1-3-5-15-21-17(19)13-11-9-7-8-10-12-14-18(20)22-16-6-4-2/h3-6H,7-16H2,1-2H3. The highest BCUT2D eigenvalue weighted by molar-refractivity contribution is 5.69. The zero-order valence-corrected chi connectivity index (χ0v) is 14.0. The SMILES string of the molecule is CC=CCOC(=O)CCCCCCCCC(=O)OCC=CC. The third-order valence-electron chi connectivity index (χ3n) is 3.16. The minimum absolute atomic E-state index is 0.123. The van der Waals surface area contributed by atoms with Crippen molar-refractivity contribution in [1.29, 1.82) is 0 Å². The van der Waals surface area contributed by atoms with Crippen molar-refractivity contribution in [2.75, 3.05) is 13.2 Å². The molecule has 0 heterocycles. The molecule has 0 saturated heterocycles. The van der Waals surface area contributed by atoms with Gasteiger partial charge in [-0.2, -0.15) is 0 Å². The van der Waals surface area contributed by atoms with Crippen LogP contribution in [0.5, 0.6) is 0 Å². The number of hydrogen-bond acceptors (Lipinski definition) is 4. The maximum Gasteiger partial charge on any atom is 0.306 e. The second kappa shape index (κ2) is 15.8. The molecule has 0 saturated carbocycles. The minimum atomic E-state index is -0.123. The Morgan fingerprint density at radius 2 is 1.05 bits per heavy atom. The molecule has 4 heteroatoms. The number of hydrogen-bond donors (Lipinski definition) is 0. The first-order valence-corrected chi connectivity index (χ1v) is 8.24. The molecule has 0 aromatic carbocycles. The van der Waals surface area contributed by atoms with Crippen LogP contribution in [0.2, 0.25) is 0 Å². The van der Waals surface area contributed by atoms with Crippen LogP contribution in [0.1, 0.15) is 65.2 Å². The first-order valence-electron chi connectivity index (χ1n) is 8.24. The quantitative estimate of drug-likeness (QED) is 0.288. The molecule has 0 radical (unpaired) electrons. The molecule has 0 spiro atoms. The number of rotatable bonds is 13. The Balaban J connectivity index is 3.29. The van der Waals surface area contributed by atoms with Crippen LogP contribution in [-0.2, 0) is 19.1 Å². The number of esters is 2. The summed E-state index contributed by atoms with van der Waals surface area (Å²) in [6, 6.07) is 0. The molecule has 0 aromatic heterocycles. The Hall–Kier alpha value is -1.58. The summed E-state index contributed by atoms with van der Waals surface area (Å²) in [5.41, 5.74) is 0. The molecule has 0 aliphatic carbocycles. The van der Waals surface area contributed by atoms with E-state index in [2.05, 4.69) is 0 Å². The van der Waals surface area contributed by atoms with Crippen LogP contribution in [0.4, 0.5) is 0 Å². The topological polar surface area (TPSA) is 52.6 Å². The van der Waals surface area contributed by atoms with Crippen LogP contribution >= 0.6 is 0 Å². The van der Waals surface area contributed by atoms with Gasteiger partial charge in [0.15, 0.2) is 0 Å². The van der Waals surface area contributed by atoms with E-state index >= 15 is 0 Å². The molecule has 0 bridgehead atoms. The van der Waals surface area contributed by atoms with Gasteiger partial charge < -0.3 is 9.47 Å². The van der Waals surface area contributed by atoms with Gasteiger partial charge in [0.25, 0.3) is 0 Å². The van der Waals surface area contributed by atoms with Crippen molar-refractivity contribution in [3.63, 3.8) is 0 Å². The zero-order chi connectivity index (χ0) is 16.5. The average molecular weight is 310 g/mol. The Kier molecular flexibility index (Phi) is 14.7. The van der Waals surface area contributed by atoms with Crippen molar-refractivity contribution in [1.82, 2.24) is 0 Å². The van der Waals surface area contributed by atoms with Crippen LogP contribution in [0, 0.1) is 0 Å². The van der Waals surface area contributed by atoms with E-state index in [1.54, 1.807) is 0 Å². The Bertz CT molecular complexity index is 311. The predicted molar refractivity (Wildman–Crippen MR) is 88.5 cm³/mol. The van der Waals surface area contributed by atoms with Gasteiger partial charge in [-0.3, -0.25) is 9.59 Å². The highest BCUT2D eigenvalue weighted by Crippen LogP contribution is 2.09. The van der Waals surface area contributed by atoms with Gasteiger partial charge in [0.1, 0.15) is 13.2 Å². The van der Waals surface area contributed by atoms with Crippen molar-refractivity contribution in [3.05, 3.63) is 24.3 Å². The molecule has 126 valence electrons. The molecule has 22 heavy (non-hydrogen) atoms. The fourth-order valence-corrected chi connectivity index (χ4v) is 1.86. The lowest BCUT2D eigenvalue weighted by Gasteiger charge is -2.03. The van der Waals surface area contributed by atoms with Gasteiger partial charge in [0.2, 0.25) is 0 Å². The maximum absolute atomic E-state index is 11.3. The summed E-state index contributed by atoms with van der Waals surface area (Å²) in [7, 11) is 0. The van der Waals surface area contributed by atoms with E-state index in [1.807, 2.05) is 38.2 Å². The first kappa shape index (κ1) is 20.4. The van der Waals surface area contributed by atoms with Crippen molar-refractivity contribution in [2.45, 2.75) is 65.2 Å². The lowest BCUT2D eigenvalue weighted by molar-refractivity contribution is -0.143. The Morgan fingerprint density at radius 1 is 0.682 bits per heavy atom. The van der Waals surface area contributed by atoms with Gasteiger partial charge >= 0.3 is 11.9 Å². The van der Waals surface area contributed by atoms with Gasteiger partial charge in [-0.25, -0.2) is 0 Å². The Morgan fingerprint density at radius 3 is 1.41 bits per heavy atom. The normalized spacial score (nSPS) is 11.2. The summed E-state index contributed by atoms with van der Waals surface area (Å²) >= 11 is 0. The fraction of sp³-hybridized carbons (Fsp3) is 0.667. The maximum atomic E-state index is 11.3. The molecule has 0 fully saturated rings. The second-order valence-corrected chi connectivity index (χ2v) is 5.13. The average Bonchev–Trinajstić information content (AvgIpc) is 2.50. The number of unbranched alkanes of at least 4 members (excludes halogenated alkanes) is 5. The summed E-state index contributed by atoms with van der Waals surface area (Å²) in [5.74, 6) is -0.246. The predicted octanol–water partition coefficient (Wildman–Crippen LogP) is 4.35. The molecule has 4 nitrogen and oxygen atoms in total. The van der Waals surface area contributed by atoms with Gasteiger partial charge in [-0.05, 0) is 26.7 Å². The van der Waals surface area contributed by atoms with Gasteiger partial charge in [-0.1, -0.05) is 50.0 Å². The minimum Gasteiger partial charge on any atom is -0.461 e. The van der Waals surface area contributed by atoms with Crippen LogP contribution in [0.3, 0.4) is 0 Å². The van der Waals surface area contributed by atoms with Crippen molar-refractivity contribution < 1.29 is 19.1 Å². The van der Waals surface area contributed by atoms with Crippen molar-refractivity contribution in [3.8, 4) is 0 Å². The first-order chi connectivity index (χ1) is 10.7. The van der Waals surface area contributed by atoms with E-state index in [-0.39, 0.29) is 11.9 Å². The van der Waals surface area contributed by atoms with E-state index in [1.165, 1.54) is 0 Å². The molecule has 0 unspecified atom stereocenters. The summed E-state index contributed by atoms with van der Waals surface area (Å²) in [6.45, 7) is 4.55. The smallest absolute Gasteiger partial charge is 0.306 e.